The van der Waals surface area contributed by atoms with Gasteiger partial charge < -0.3 is 14.8 Å². The zero-order valence-corrected chi connectivity index (χ0v) is 19.9. The Bertz CT molecular complexity index is 1140. The van der Waals surface area contributed by atoms with Crippen LogP contribution in [0.3, 0.4) is 0 Å². The molecule has 0 aliphatic rings. The first kappa shape index (κ1) is 24.6. The zero-order chi connectivity index (χ0) is 24.4. The number of carbonyl (C=O) groups excluding carboxylic acids is 1. The van der Waals surface area contributed by atoms with Gasteiger partial charge >= 0.3 is 0 Å². The molecule has 3 rings (SSSR count). The third-order valence-corrected chi connectivity index (χ3v) is 5.19. The van der Waals surface area contributed by atoms with Gasteiger partial charge in [-0.05, 0) is 52.4 Å². The minimum Gasteiger partial charge on any atom is -0.490 e. The molecule has 1 N–H and O–H groups in total. The van der Waals surface area contributed by atoms with Crippen molar-refractivity contribution in [2.45, 2.75) is 32.7 Å². The lowest BCUT2D eigenvalue weighted by Gasteiger charge is -2.19. The highest BCUT2D eigenvalue weighted by molar-refractivity contribution is 6.01. The molecule has 0 fully saturated rings. The van der Waals surface area contributed by atoms with E-state index in [0.717, 1.165) is 16.9 Å². The maximum Gasteiger partial charge on any atom is 0.262 e. The maximum atomic E-state index is 12.3. The molecule has 5 heteroatoms. The van der Waals surface area contributed by atoms with Crippen LogP contribution in [0.25, 0.3) is 6.08 Å². The Kier molecular flexibility index (Phi) is 8.48. The lowest BCUT2D eigenvalue weighted by Crippen LogP contribution is -2.23. The lowest BCUT2D eigenvalue weighted by atomic mass is 9.87. The first-order valence-corrected chi connectivity index (χ1v) is 11.3. The zero-order valence-electron chi connectivity index (χ0n) is 19.9. The molecule has 0 heterocycles. The highest BCUT2D eigenvalue weighted by Gasteiger charge is 2.13. The van der Waals surface area contributed by atoms with Crippen molar-refractivity contribution in [3.05, 3.63) is 101 Å². The van der Waals surface area contributed by atoms with Gasteiger partial charge in [-0.3, -0.25) is 4.79 Å². The van der Waals surface area contributed by atoms with Gasteiger partial charge in [0.1, 0.15) is 36.4 Å². The molecule has 0 atom stereocenters. The van der Waals surface area contributed by atoms with E-state index in [0.29, 0.717) is 25.5 Å². The van der Waals surface area contributed by atoms with Crippen LogP contribution in [0.5, 0.6) is 11.5 Å². The quantitative estimate of drug-likeness (QED) is 0.257. The molecule has 3 aromatic carbocycles. The number of nitrogens with one attached hydrogen (secondary N) is 1. The molecule has 0 saturated heterocycles. The molecule has 0 unspecified atom stereocenters. The number of carbonyl (C=O) groups is 1. The monoisotopic (exact) mass is 454 g/mol. The van der Waals surface area contributed by atoms with E-state index in [1.807, 2.05) is 60.7 Å². The standard InChI is InChI=1S/C29H30N2O3/c1-29(2,3)25-11-15-27(16-12-25)34-18-17-33-26-13-9-22(10-14-26)19-24(20-30)28(32)31-21-23-7-5-4-6-8-23/h4-16,19H,17-18,21H2,1-3H3,(H,31,32)/b24-19+. The summed E-state index contributed by atoms with van der Waals surface area (Å²) in [7, 11) is 0. The number of rotatable bonds is 9. The van der Waals surface area contributed by atoms with Crippen LogP contribution in [0.4, 0.5) is 0 Å². The number of hydrogen-bond donors (Lipinski definition) is 1. The minimum absolute atomic E-state index is 0.0514. The average molecular weight is 455 g/mol. The fraction of sp³-hybridized carbons (Fsp3) is 0.241. The molecular formula is C29H30N2O3. The molecular weight excluding hydrogens is 424 g/mol. The summed E-state index contributed by atoms with van der Waals surface area (Å²) in [6, 6.07) is 26.9. The fourth-order valence-electron chi connectivity index (χ4n) is 3.22. The van der Waals surface area contributed by atoms with E-state index >= 15 is 0 Å². The van der Waals surface area contributed by atoms with Gasteiger partial charge in [0.2, 0.25) is 0 Å². The minimum atomic E-state index is -0.403. The average Bonchev–Trinajstić information content (AvgIpc) is 2.85. The van der Waals surface area contributed by atoms with Crippen LogP contribution < -0.4 is 14.8 Å². The lowest BCUT2D eigenvalue weighted by molar-refractivity contribution is -0.117. The Morgan fingerprint density at radius 3 is 1.97 bits per heavy atom. The number of nitriles is 1. The molecule has 3 aromatic rings. The van der Waals surface area contributed by atoms with Crippen molar-refractivity contribution in [3.63, 3.8) is 0 Å². The van der Waals surface area contributed by atoms with E-state index in [-0.39, 0.29) is 11.0 Å². The molecule has 5 nitrogen and oxygen atoms in total. The van der Waals surface area contributed by atoms with Gasteiger partial charge in [-0.25, -0.2) is 0 Å². The first-order valence-electron chi connectivity index (χ1n) is 11.3. The summed E-state index contributed by atoms with van der Waals surface area (Å²) < 4.78 is 11.5. The SMILES string of the molecule is CC(C)(C)c1ccc(OCCOc2ccc(/C=C(\C#N)C(=O)NCc3ccccc3)cc2)cc1. The van der Waals surface area contributed by atoms with Crippen LogP contribution >= 0.6 is 0 Å². The van der Waals surface area contributed by atoms with E-state index in [9.17, 15) is 10.1 Å². The summed E-state index contributed by atoms with van der Waals surface area (Å²) in [5, 5.41) is 12.2. The van der Waals surface area contributed by atoms with Crippen LogP contribution in [0.1, 0.15) is 37.5 Å². The van der Waals surface area contributed by atoms with Crippen LogP contribution in [-0.4, -0.2) is 19.1 Å². The third kappa shape index (κ3) is 7.53. The fourth-order valence-corrected chi connectivity index (χ4v) is 3.22. The summed E-state index contributed by atoms with van der Waals surface area (Å²) in [4.78, 5) is 12.3. The highest BCUT2D eigenvalue weighted by Crippen LogP contribution is 2.24. The van der Waals surface area contributed by atoms with Gasteiger partial charge in [-0.1, -0.05) is 75.4 Å². The van der Waals surface area contributed by atoms with Gasteiger partial charge in [-0.15, -0.1) is 0 Å². The van der Waals surface area contributed by atoms with Crippen LogP contribution in [0, 0.1) is 11.3 Å². The molecule has 174 valence electrons. The van der Waals surface area contributed by atoms with Crippen LogP contribution in [0.15, 0.2) is 84.4 Å². The molecule has 34 heavy (non-hydrogen) atoms. The smallest absolute Gasteiger partial charge is 0.262 e. The molecule has 0 aliphatic carbocycles. The number of benzene rings is 3. The van der Waals surface area contributed by atoms with Crippen molar-refractivity contribution in [1.82, 2.24) is 5.32 Å². The van der Waals surface area contributed by atoms with E-state index in [2.05, 4.69) is 38.2 Å². The second kappa shape index (κ2) is 11.7. The topological polar surface area (TPSA) is 71.3 Å². The summed E-state index contributed by atoms with van der Waals surface area (Å²) in [5.74, 6) is 1.10. The normalized spacial score (nSPS) is 11.4. The second-order valence-corrected chi connectivity index (χ2v) is 8.88. The van der Waals surface area contributed by atoms with Gasteiger partial charge in [0.25, 0.3) is 5.91 Å². The van der Waals surface area contributed by atoms with E-state index in [4.69, 9.17) is 9.47 Å². The van der Waals surface area contributed by atoms with Gasteiger partial charge in [0.05, 0.1) is 0 Å². The molecule has 0 saturated carbocycles. The predicted octanol–water partition coefficient (Wildman–Crippen LogP) is 5.67. The van der Waals surface area contributed by atoms with Crippen LogP contribution in [0.2, 0.25) is 0 Å². The summed E-state index contributed by atoms with van der Waals surface area (Å²) >= 11 is 0. The highest BCUT2D eigenvalue weighted by atomic mass is 16.5. The van der Waals surface area contributed by atoms with Gasteiger partial charge in [0, 0.05) is 6.54 Å². The summed E-state index contributed by atoms with van der Waals surface area (Å²) in [5.41, 5.74) is 3.15. The van der Waals surface area contributed by atoms with E-state index in [1.54, 1.807) is 18.2 Å². The van der Waals surface area contributed by atoms with Crippen molar-refractivity contribution in [2.24, 2.45) is 0 Å². The van der Waals surface area contributed by atoms with Crippen LogP contribution in [-0.2, 0) is 16.8 Å². The number of ether oxygens (including phenoxy) is 2. The molecule has 0 radical (unpaired) electrons. The van der Waals surface area contributed by atoms with Gasteiger partial charge in [-0.2, -0.15) is 5.26 Å². The molecule has 0 spiro atoms. The molecule has 0 bridgehead atoms. The molecule has 0 aromatic heterocycles. The van der Waals surface area contributed by atoms with Crippen molar-refractivity contribution in [3.8, 4) is 17.6 Å². The number of hydrogen-bond acceptors (Lipinski definition) is 4. The third-order valence-electron chi connectivity index (χ3n) is 5.19. The Morgan fingerprint density at radius 2 is 1.44 bits per heavy atom. The van der Waals surface area contributed by atoms with Crippen molar-refractivity contribution in [1.29, 1.82) is 5.26 Å². The Hall–Kier alpha value is -4.04. The second-order valence-electron chi connectivity index (χ2n) is 8.88. The summed E-state index contributed by atoms with van der Waals surface area (Å²) in [6.45, 7) is 7.74. The first-order chi connectivity index (χ1) is 16.3. The van der Waals surface area contributed by atoms with Crippen molar-refractivity contribution < 1.29 is 14.3 Å². The molecule has 0 aliphatic heterocycles. The Labute approximate surface area is 201 Å². The van der Waals surface area contributed by atoms with E-state index < -0.39 is 5.91 Å². The Morgan fingerprint density at radius 1 is 0.882 bits per heavy atom. The number of nitrogens with zero attached hydrogens (tertiary/aromatic N) is 1. The van der Waals surface area contributed by atoms with E-state index in [1.165, 1.54) is 5.56 Å². The van der Waals surface area contributed by atoms with Gasteiger partial charge in [0.15, 0.2) is 0 Å². The van der Waals surface area contributed by atoms with Crippen molar-refractivity contribution >= 4 is 12.0 Å². The maximum absolute atomic E-state index is 12.3. The summed E-state index contributed by atoms with van der Waals surface area (Å²) in [6.07, 6.45) is 1.56. The predicted molar refractivity (Wildman–Crippen MR) is 134 cm³/mol. The Balaban J connectivity index is 1.46. The molecule has 1 amide bonds. The van der Waals surface area contributed by atoms with Crippen molar-refractivity contribution in [2.75, 3.05) is 13.2 Å². The number of amides is 1. The largest absolute Gasteiger partial charge is 0.490 e.